The largest absolute Gasteiger partial charge is 0.351 e. The van der Waals surface area contributed by atoms with Crippen LogP contribution in [0.2, 0.25) is 0 Å². The lowest BCUT2D eigenvalue weighted by Crippen LogP contribution is -2.46. The molecule has 1 saturated heterocycles. The number of nitrogens with one attached hydrogen (secondary N) is 2. The first-order valence-corrected chi connectivity index (χ1v) is 5.72. The van der Waals surface area contributed by atoms with Gasteiger partial charge in [0.2, 0.25) is 5.91 Å². The molecule has 3 nitrogen and oxygen atoms in total. The smallest absolute Gasteiger partial charge is 0.224 e. The zero-order chi connectivity index (χ0) is 10.0. The summed E-state index contributed by atoms with van der Waals surface area (Å²) in [6, 6.07) is 0. The number of carbonyl (C=O) groups is 1. The lowest BCUT2D eigenvalue weighted by molar-refractivity contribution is -0.126. The Morgan fingerprint density at radius 2 is 2.14 bits per heavy atom. The predicted octanol–water partition coefficient (Wildman–Crippen LogP) is 1.04. The first-order valence-electron chi connectivity index (χ1n) is 5.72. The lowest BCUT2D eigenvalue weighted by Gasteiger charge is -2.26. The van der Waals surface area contributed by atoms with Gasteiger partial charge >= 0.3 is 0 Å². The fourth-order valence-corrected chi connectivity index (χ4v) is 2.56. The zero-order valence-corrected chi connectivity index (χ0v) is 8.94. The Morgan fingerprint density at radius 3 is 2.71 bits per heavy atom. The van der Waals surface area contributed by atoms with E-state index in [9.17, 15) is 4.79 Å². The number of rotatable bonds is 2. The second-order valence-corrected chi connectivity index (χ2v) is 4.95. The summed E-state index contributed by atoms with van der Waals surface area (Å²) in [5, 5.41) is 6.45. The van der Waals surface area contributed by atoms with Crippen LogP contribution in [-0.2, 0) is 4.79 Å². The summed E-state index contributed by atoms with van der Waals surface area (Å²) in [7, 11) is 0. The Balaban J connectivity index is 1.86. The minimum absolute atomic E-state index is 0.0969. The molecule has 1 atom stereocenters. The molecule has 0 aromatic heterocycles. The lowest BCUT2D eigenvalue weighted by atomic mass is 9.98. The summed E-state index contributed by atoms with van der Waals surface area (Å²) in [5.74, 6) is 0.479. The van der Waals surface area contributed by atoms with Crippen LogP contribution in [0.3, 0.4) is 0 Å². The zero-order valence-electron chi connectivity index (χ0n) is 8.94. The molecule has 0 aromatic rings. The molecule has 2 rings (SSSR count). The SMILES string of the molecule is CC1(NC(=O)[C@@H]2CCNC2)CCCC1. The van der Waals surface area contributed by atoms with Crippen molar-refractivity contribution in [2.24, 2.45) is 5.92 Å². The molecule has 0 bridgehead atoms. The van der Waals surface area contributed by atoms with Crippen LogP contribution in [0.5, 0.6) is 0 Å². The highest BCUT2D eigenvalue weighted by Crippen LogP contribution is 2.29. The van der Waals surface area contributed by atoms with Crippen molar-refractivity contribution in [2.75, 3.05) is 13.1 Å². The van der Waals surface area contributed by atoms with Gasteiger partial charge < -0.3 is 10.6 Å². The molecule has 2 aliphatic rings. The van der Waals surface area contributed by atoms with Gasteiger partial charge in [-0.05, 0) is 32.7 Å². The maximum absolute atomic E-state index is 11.9. The van der Waals surface area contributed by atoms with Crippen LogP contribution >= 0.6 is 0 Å². The molecule has 2 fully saturated rings. The number of carbonyl (C=O) groups excluding carboxylic acids is 1. The molecule has 0 radical (unpaired) electrons. The quantitative estimate of drug-likeness (QED) is 0.693. The Kier molecular flexibility index (Phi) is 2.77. The summed E-state index contributed by atoms with van der Waals surface area (Å²) in [5.41, 5.74) is 0.0969. The van der Waals surface area contributed by atoms with Gasteiger partial charge in [-0.1, -0.05) is 12.8 Å². The van der Waals surface area contributed by atoms with E-state index in [1.807, 2.05) is 0 Å². The van der Waals surface area contributed by atoms with Crippen LogP contribution in [0.4, 0.5) is 0 Å². The normalized spacial score (nSPS) is 30.5. The predicted molar refractivity (Wildman–Crippen MR) is 56.0 cm³/mol. The molecule has 2 N–H and O–H groups in total. The molecule has 14 heavy (non-hydrogen) atoms. The van der Waals surface area contributed by atoms with E-state index in [0.717, 1.165) is 32.4 Å². The monoisotopic (exact) mass is 196 g/mol. The van der Waals surface area contributed by atoms with Crippen molar-refractivity contribution in [3.63, 3.8) is 0 Å². The van der Waals surface area contributed by atoms with Crippen molar-refractivity contribution in [3.8, 4) is 0 Å². The molecule has 0 aromatic carbocycles. The van der Waals surface area contributed by atoms with Crippen LogP contribution in [-0.4, -0.2) is 24.5 Å². The van der Waals surface area contributed by atoms with Crippen LogP contribution < -0.4 is 10.6 Å². The van der Waals surface area contributed by atoms with E-state index in [1.54, 1.807) is 0 Å². The molecule has 1 aliphatic heterocycles. The third-order valence-corrected chi connectivity index (χ3v) is 3.56. The van der Waals surface area contributed by atoms with E-state index in [4.69, 9.17) is 0 Å². The van der Waals surface area contributed by atoms with E-state index in [2.05, 4.69) is 17.6 Å². The van der Waals surface area contributed by atoms with Crippen LogP contribution in [0, 0.1) is 5.92 Å². The maximum Gasteiger partial charge on any atom is 0.224 e. The van der Waals surface area contributed by atoms with E-state index < -0.39 is 0 Å². The van der Waals surface area contributed by atoms with E-state index in [-0.39, 0.29) is 17.4 Å². The van der Waals surface area contributed by atoms with Crippen molar-refractivity contribution >= 4 is 5.91 Å². The van der Waals surface area contributed by atoms with Gasteiger partial charge in [0.05, 0.1) is 5.92 Å². The number of hydrogen-bond acceptors (Lipinski definition) is 2. The minimum atomic E-state index is 0.0969. The third-order valence-electron chi connectivity index (χ3n) is 3.56. The fraction of sp³-hybridized carbons (Fsp3) is 0.909. The molecule has 1 saturated carbocycles. The maximum atomic E-state index is 11.9. The van der Waals surface area contributed by atoms with Gasteiger partial charge in [0, 0.05) is 12.1 Å². The summed E-state index contributed by atoms with van der Waals surface area (Å²) in [4.78, 5) is 11.9. The topological polar surface area (TPSA) is 41.1 Å². The van der Waals surface area contributed by atoms with Crippen molar-refractivity contribution in [3.05, 3.63) is 0 Å². The van der Waals surface area contributed by atoms with Gasteiger partial charge in [0.25, 0.3) is 0 Å². The van der Waals surface area contributed by atoms with Crippen LogP contribution in [0.15, 0.2) is 0 Å². The highest BCUT2D eigenvalue weighted by molar-refractivity contribution is 5.80. The Bertz CT molecular complexity index is 215. The first-order chi connectivity index (χ1) is 6.70. The van der Waals surface area contributed by atoms with Gasteiger partial charge in [0.15, 0.2) is 0 Å². The first kappa shape index (κ1) is 9.97. The molecule has 0 unspecified atom stereocenters. The molecule has 1 amide bonds. The van der Waals surface area contributed by atoms with E-state index in [1.165, 1.54) is 12.8 Å². The standard InChI is InChI=1S/C11H20N2O/c1-11(5-2-3-6-11)13-10(14)9-4-7-12-8-9/h9,12H,2-8H2,1H3,(H,13,14)/t9-/m1/s1. The second-order valence-electron chi connectivity index (χ2n) is 4.95. The van der Waals surface area contributed by atoms with E-state index in [0.29, 0.717) is 0 Å². The van der Waals surface area contributed by atoms with Crippen LogP contribution in [0.25, 0.3) is 0 Å². The highest BCUT2D eigenvalue weighted by Gasteiger charge is 2.33. The molecule has 1 aliphatic carbocycles. The van der Waals surface area contributed by atoms with E-state index >= 15 is 0 Å². The number of hydrogen-bond donors (Lipinski definition) is 2. The third kappa shape index (κ3) is 2.08. The van der Waals surface area contributed by atoms with Gasteiger partial charge in [-0.15, -0.1) is 0 Å². The van der Waals surface area contributed by atoms with Gasteiger partial charge in [-0.2, -0.15) is 0 Å². The number of amides is 1. The van der Waals surface area contributed by atoms with Crippen molar-refractivity contribution in [2.45, 2.75) is 44.6 Å². The molecule has 0 spiro atoms. The van der Waals surface area contributed by atoms with Gasteiger partial charge in [-0.25, -0.2) is 0 Å². The average Bonchev–Trinajstić information content (AvgIpc) is 2.74. The molecule has 1 heterocycles. The highest BCUT2D eigenvalue weighted by atomic mass is 16.2. The van der Waals surface area contributed by atoms with Crippen molar-refractivity contribution < 1.29 is 4.79 Å². The molecule has 3 heteroatoms. The Hall–Kier alpha value is -0.570. The minimum Gasteiger partial charge on any atom is -0.351 e. The second kappa shape index (κ2) is 3.89. The summed E-state index contributed by atoms with van der Waals surface area (Å²) >= 11 is 0. The fourth-order valence-electron chi connectivity index (χ4n) is 2.56. The van der Waals surface area contributed by atoms with Crippen molar-refractivity contribution in [1.29, 1.82) is 0 Å². The summed E-state index contributed by atoms with van der Waals surface area (Å²) in [6.45, 7) is 4.04. The molecular weight excluding hydrogens is 176 g/mol. The molecular formula is C11H20N2O. The Labute approximate surface area is 85.6 Å². The summed E-state index contributed by atoms with van der Waals surface area (Å²) < 4.78 is 0. The van der Waals surface area contributed by atoms with Gasteiger partial charge in [0.1, 0.15) is 0 Å². The van der Waals surface area contributed by atoms with Crippen LogP contribution in [0.1, 0.15) is 39.0 Å². The molecule has 80 valence electrons. The average molecular weight is 196 g/mol. The summed E-state index contributed by atoms with van der Waals surface area (Å²) in [6.07, 6.45) is 5.83. The Morgan fingerprint density at radius 1 is 1.43 bits per heavy atom. The van der Waals surface area contributed by atoms with Gasteiger partial charge in [-0.3, -0.25) is 4.79 Å². The van der Waals surface area contributed by atoms with Crippen molar-refractivity contribution in [1.82, 2.24) is 10.6 Å².